The van der Waals surface area contributed by atoms with Gasteiger partial charge in [0.25, 0.3) is 5.91 Å². The van der Waals surface area contributed by atoms with Gasteiger partial charge in [0.05, 0.1) is 7.11 Å². The van der Waals surface area contributed by atoms with E-state index >= 15 is 0 Å². The number of amides is 1. The van der Waals surface area contributed by atoms with Crippen molar-refractivity contribution in [2.24, 2.45) is 0 Å². The minimum atomic E-state index is -0.740. The average molecular weight is 352 g/mol. The summed E-state index contributed by atoms with van der Waals surface area (Å²) in [6.45, 7) is -0.494. The lowest BCUT2D eigenvalue weighted by Crippen LogP contribution is -2.28. The van der Waals surface area contributed by atoms with Crippen LogP contribution in [0.3, 0.4) is 0 Å². The molecule has 0 aliphatic carbocycles. The van der Waals surface area contributed by atoms with Gasteiger partial charge in [0.15, 0.2) is 6.61 Å². The molecule has 0 aromatic heterocycles. The van der Waals surface area contributed by atoms with Gasteiger partial charge in [-0.3, -0.25) is 4.79 Å². The third-order valence-electron chi connectivity index (χ3n) is 3.15. The van der Waals surface area contributed by atoms with Gasteiger partial charge in [0, 0.05) is 17.1 Å². The Morgan fingerprint density at radius 2 is 1.96 bits per heavy atom. The Balaban J connectivity index is 1.89. The van der Waals surface area contributed by atoms with Gasteiger partial charge in [-0.25, -0.2) is 9.18 Å². The quantitative estimate of drug-likeness (QED) is 0.813. The highest BCUT2D eigenvalue weighted by Crippen LogP contribution is 2.23. The van der Waals surface area contributed by atoms with E-state index < -0.39 is 24.3 Å². The molecule has 24 heavy (non-hydrogen) atoms. The molecule has 0 unspecified atom stereocenters. The zero-order valence-corrected chi connectivity index (χ0v) is 13.6. The maximum atomic E-state index is 13.4. The van der Waals surface area contributed by atoms with Crippen LogP contribution in [0.15, 0.2) is 42.5 Å². The van der Waals surface area contributed by atoms with Gasteiger partial charge >= 0.3 is 5.97 Å². The van der Waals surface area contributed by atoms with E-state index in [2.05, 4.69) is 5.32 Å². The monoisotopic (exact) mass is 351 g/mol. The van der Waals surface area contributed by atoms with Gasteiger partial charge in [-0.1, -0.05) is 29.8 Å². The molecule has 0 heterocycles. The first-order chi connectivity index (χ1) is 11.5. The lowest BCUT2D eigenvalue weighted by atomic mass is 10.2. The molecule has 0 aliphatic rings. The predicted molar refractivity (Wildman–Crippen MR) is 86.5 cm³/mol. The van der Waals surface area contributed by atoms with Crippen LogP contribution in [0.25, 0.3) is 0 Å². The Kier molecular flexibility index (Phi) is 6.14. The van der Waals surface area contributed by atoms with E-state index in [1.54, 1.807) is 24.3 Å². The minimum Gasteiger partial charge on any atom is -0.496 e. The predicted octanol–water partition coefficient (Wildman–Crippen LogP) is 2.96. The highest BCUT2D eigenvalue weighted by atomic mass is 35.5. The van der Waals surface area contributed by atoms with Crippen LogP contribution in [-0.4, -0.2) is 25.6 Å². The number of methoxy groups -OCH3 is 1. The van der Waals surface area contributed by atoms with Gasteiger partial charge in [-0.05, 0) is 24.3 Å². The van der Waals surface area contributed by atoms with E-state index in [1.165, 1.54) is 25.3 Å². The molecule has 2 rings (SSSR count). The Morgan fingerprint density at radius 3 is 2.67 bits per heavy atom. The fraction of sp³-hybridized carbons (Fsp3) is 0.176. The molecule has 0 fully saturated rings. The zero-order valence-electron chi connectivity index (χ0n) is 12.8. The van der Waals surface area contributed by atoms with Crippen molar-refractivity contribution in [2.45, 2.75) is 6.54 Å². The first kappa shape index (κ1) is 17.7. The molecule has 0 saturated carbocycles. The highest BCUT2D eigenvalue weighted by Gasteiger charge is 2.16. The second-order valence-corrected chi connectivity index (χ2v) is 5.23. The molecule has 7 heteroatoms. The maximum Gasteiger partial charge on any atom is 0.342 e. The summed E-state index contributed by atoms with van der Waals surface area (Å²) < 4.78 is 23.4. The van der Waals surface area contributed by atoms with Gasteiger partial charge in [0.2, 0.25) is 0 Å². The third kappa shape index (κ3) is 4.70. The first-order valence-corrected chi connectivity index (χ1v) is 7.40. The summed E-state index contributed by atoms with van der Waals surface area (Å²) in [5.41, 5.74) is 0.459. The Hall–Kier alpha value is -2.60. The van der Waals surface area contributed by atoms with E-state index in [4.69, 9.17) is 21.1 Å². The first-order valence-electron chi connectivity index (χ1n) is 7.02. The smallest absolute Gasteiger partial charge is 0.342 e. The molecule has 0 spiro atoms. The van der Waals surface area contributed by atoms with Gasteiger partial charge < -0.3 is 14.8 Å². The summed E-state index contributed by atoms with van der Waals surface area (Å²) in [5, 5.41) is 2.81. The second kappa shape index (κ2) is 8.31. The van der Waals surface area contributed by atoms with Crippen LogP contribution in [0.1, 0.15) is 15.9 Å². The number of esters is 1. The van der Waals surface area contributed by atoms with Crippen LogP contribution in [0.4, 0.5) is 4.39 Å². The molecule has 1 amide bonds. The minimum absolute atomic E-state index is 0.00352. The van der Waals surface area contributed by atoms with Crippen LogP contribution in [0.2, 0.25) is 5.02 Å². The topological polar surface area (TPSA) is 64.6 Å². The SMILES string of the molecule is COc1ccc(Cl)cc1C(=O)OCC(=O)NCc1ccccc1F. The second-order valence-electron chi connectivity index (χ2n) is 4.79. The van der Waals surface area contributed by atoms with Crippen molar-refractivity contribution in [3.63, 3.8) is 0 Å². The van der Waals surface area contributed by atoms with Crippen LogP contribution < -0.4 is 10.1 Å². The molecule has 126 valence electrons. The van der Waals surface area contributed by atoms with Gasteiger partial charge in [-0.15, -0.1) is 0 Å². The number of ether oxygens (including phenoxy) is 2. The van der Waals surface area contributed by atoms with Gasteiger partial charge in [0.1, 0.15) is 17.1 Å². The number of carbonyl (C=O) groups excluding carboxylic acids is 2. The average Bonchev–Trinajstić information content (AvgIpc) is 2.59. The largest absolute Gasteiger partial charge is 0.496 e. The molecule has 0 radical (unpaired) electrons. The van der Waals surface area contributed by atoms with Crippen molar-refractivity contribution in [2.75, 3.05) is 13.7 Å². The maximum absolute atomic E-state index is 13.4. The van der Waals surface area contributed by atoms with Gasteiger partial charge in [-0.2, -0.15) is 0 Å². The highest BCUT2D eigenvalue weighted by molar-refractivity contribution is 6.31. The number of halogens is 2. The van der Waals surface area contributed by atoms with E-state index in [-0.39, 0.29) is 17.9 Å². The van der Waals surface area contributed by atoms with Crippen LogP contribution in [0, 0.1) is 5.82 Å². The van der Waals surface area contributed by atoms with E-state index in [9.17, 15) is 14.0 Å². The summed E-state index contributed by atoms with van der Waals surface area (Å²) >= 11 is 5.83. The molecule has 5 nitrogen and oxygen atoms in total. The van der Waals surface area contributed by atoms with Crippen LogP contribution in [0.5, 0.6) is 5.75 Å². The third-order valence-corrected chi connectivity index (χ3v) is 3.38. The Labute approximate surface area is 143 Å². The van der Waals surface area contributed by atoms with Crippen molar-refractivity contribution in [1.82, 2.24) is 5.32 Å². The van der Waals surface area contributed by atoms with Crippen molar-refractivity contribution < 1.29 is 23.5 Å². The lowest BCUT2D eigenvalue weighted by Gasteiger charge is -2.10. The number of nitrogens with one attached hydrogen (secondary N) is 1. The van der Waals surface area contributed by atoms with Crippen molar-refractivity contribution >= 4 is 23.5 Å². The van der Waals surface area contributed by atoms with E-state index in [0.29, 0.717) is 10.6 Å². The molecular weight excluding hydrogens is 337 g/mol. The normalized spacial score (nSPS) is 10.1. The summed E-state index contributed by atoms with van der Waals surface area (Å²) in [5.74, 6) is -1.42. The lowest BCUT2D eigenvalue weighted by molar-refractivity contribution is -0.124. The molecule has 2 aromatic carbocycles. The fourth-order valence-electron chi connectivity index (χ4n) is 1.94. The molecular formula is C17H15ClFNO4. The van der Waals surface area contributed by atoms with E-state index in [1.807, 2.05) is 0 Å². The number of benzene rings is 2. The standard InChI is InChI=1S/C17H15ClFNO4/c1-23-15-7-6-12(18)8-13(15)17(22)24-10-16(21)20-9-11-4-2-3-5-14(11)19/h2-8H,9-10H2,1H3,(H,20,21). The summed E-state index contributed by atoms with van der Waals surface area (Å²) in [6, 6.07) is 10.6. The number of carbonyl (C=O) groups is 2. The number of hydrogen-bond donors (Lipinski definition) is 1. The van der Waals surface area contributed by atoms with Crippen molar-refractivity contribution in [3.05, 3.63) is 64.4 Å². The fourth-order valence-corrected chi connectivity index (χ4v) is 2.11. The Bertz CT molecular complexity index is 751. The summed E-state index contributed by atoms with van der Waals surface area (Å²) in [4.78, 5) is 23.7. The Morgan fingerprint density at radius 1 is 1.21 bits per heavy atom. The number of hydrogen-bond acceptors (Lipinski definition) is 4. The summed E-state index contributed by atoms with van der Waals surface area (Å²) in [7, 11) is 1.40. The number of rotatable bonds is 6. The summed E-state index contributed by atoms with van der Waals surface area (Å²) in [6.07, 6.45) is 0. The van der Waals surface area contributed by atoms with E-state index in [0.717, 1.165) is 0 Å². The van der Waals surface area contributed by atoms with Crippen molar-refractivity contribution in [1.29, 1.82) is 0 Å². The molecule has 0 saturated heterocycles. The van der Waals surface area contributed by atoms with Crippen LogP contribution >= 0.6 is 11.6 Å². The van der Waals surface area contributed by atoms with Crippen LogP contribution in [-0.2, 0) is 16.1 Å². The van der Waals surface area contributed by atoms with Crippen molar-refractivity contribution in [3.8, 4) is 5.75 Å². The molecule has 2 aromatic rings. The molecule has 1 N–H and O–H groups in total. The molecule has 0 atom stereocenters. The molecule has 0 bridgehead atoms. The molecule has 0 aliphatic heterocycles. The zero-order chi connectivity index (χ0) is 17.5.